The van der Waals surface area contributed by atoms with Crippen LogP contribution in [-0.4, -0.2) is 36.6 Å². The zero-order valence-corrected chi connectivity index (χ0v) is 7.54. The van der Waals surface area contributed by atoms with Crippen molar-refractivity contribution in [2.24, 2.45) is 0 Å². The molecule has 0 radical (unpaired) electrons. The number of carbonyl (C=O) groups excluding carboxylic acids is 1. The van der Waals surface area contributed by atoms with Gasteiger partial charge in [-0.2, -0.15) is 0 Å². The Morgan fingerprint density at radius 2 is 2.58 bits per heavy atom. The molecule has 0 unspecified atom stereocenters. The quantitative estimate of drug-likeness (QED) is 0.691. The maximum Gasteiger partial charge on any atom is 0.178 e. The van der Waals surface area contributed by atoms with E-state index in [4.69, 9.17) is 5.11 Å². The molecular weight excluding hydrogens is 176 g/mol. The van der Waals surface area contributed by atoms with E-state index in [0.29, 0.717) is 11.6 Å². The number of likely N-dealkylation sites (N-methyl/N-ethyl adjacent to an activating group) is 1. The highest BCUT2D eigenvalue weighted by molar-refractivity contribution is 7.17. The molecule has 5 heteroatoms. The Hall–Kier alpha value is -0.940. The van der Waals surface area contributed by atoms with Gasteiger partial charge in [0.05, 0.1) is 12.8 Å². The first-order chi connectivity index (χ1) is 5.77. The highest BCUT2D eigenvalue weighted by atomic mass is 32.1. The van der Waals surface area contributed by atoms with Crippen molar-refractivity contribution in [3.63, 3.8) is 0 Å². The summed E-state index contributed by atoms with van der Waals surface area (Å²) in [7, 11) is 1.85. The Morgan fingerprint density at radius 3 is 3.08 bits per heavy atom. The number of aliphatic hydroxyl groups is 1. The summed E-state index contributed by atoms with van der Waals surface area (Å²) in [6.07, 6.45) is 2.35. The van der Waals surface area contributed by atoms with Gasteiger partial charge in [0.25, 0.3) is 0 Å². The van der Waals surface area contributed by atoms with Crippen LogP contribution in [0.2, 0.25) is 0 Å². The van der Waals surface area contributed by atoms with E-state index in [2.05, 4.69) is 4.98 Å². The third kappa shape index (κ3) is 2.02. The van der Waals surface area contributed by atoms with Crippen molar-refractivity contribution < 1.29 is 9.90 Å². The van der Waals surface area contributed by atoms with Crippen LogP contribution in [0.3, 0.4) is 0 Å². The zero-order chi connectivity index (χ0) is 8.97. The van der Waals surface area contributed by atoms with Crippen molar-refractivity contribution in [3.05, 3.63) is 11.2 Å². The maximum atomic E-state index is 10.3. The van der Waals surface area contributed by atoms with Crippen LogP contribution < -0.4 is 4.90 Å². The number of nitrogens with zero attached hydrogens (tertiary/aromatic N) is 2. The van der Waals surface area contributed by atoms with Crippen molar-refractivity contribution in [2.45, 2.75) is 0 Å². The summed E-state index contributed by atoms with van der Waals surface area (Å²) in [5, 5.41) is 10.00. The first-order valence-corrected chi connectivity index (χ1v) is 4.32. The Kier molecular flexibility index (Phi) is 3.19. The van der Waals surface area contributed by atoms with E-state index in [9.17, 15) is 4.79 Å². The number of hydrogen-bond acceptors (Lipinski definition) is 5. The summed E-state index contributed by atoms with van der Waals surface area (Å²) in [6, 6.07) is 0. The van der Waals surface area contributed by atoms with Gasteiger partial charge in [0.15, 0.2) is 11.3 Å². The molecule has 0 spiro atoms. The number of rotatable bonds is 4. The topological polar surface area (TPSA) is 53.4 Å². The highest BCUT2D eigenvalue weighted by Gasteiger charge is 2.04. The number of aliphatic hydroxyl groups excluding tert-OH is 1. The van der Waals surface area contributed by atoms with Crippen molar-refractivity contribution in [1.82, 2.24) is 4.98 Å². The van der Waals surface area contributed by atoms with Gasteiger partial charge in [0, 0.05) is 13.6 Å². The predicted octanol–water partition coefficient (Wildman–Crippen LogP) is 0.384. The Bertz CT molecular complexity index is 262. The van der Waals surface area contributed by atoms with Crippen molar-refractivity contribution >= 4 is 22.6 Å². The SMILES string of the molecule is CN(CCO)c1cnc(C=O)s1. The third-order valence-electron chi connectivity index (χ3n) is 1.42. The molecule has 0 fully saturated rings. The van der Waals surface area contributed by atoms with E-state index >= 15 is 0 Å². The monoisotopic (exact) mass is 186 g/mol. The molecule has 0 aromatic carbocycles. The molecule has 66 valence electrons. The van der Waals surface area contributed by atoms with Gasteiger partial charge in [-0.15, -0.1) is 0 Å². The van der Waals surface area contributed by atoms with Gasteiger partial charge in [0.1, 0.15) is 5.00 Å². The molecule has 1 heterocycles. The zero-order valence-electron chi connectivity index (χ0n) is 6.73. The van der Waals surface area contributed by atoms with Crippen LogP contribution >= 0.6 is 11.3 Å². The first kappa shape index (κ1) is 9.15. The van der Waals surface area contributed by atoms with E-state index in [0.717, 1.165) is 11.3 Å². The molecule has 0 saturated carbocycles. The Labute approximate surface area is 74.5 Å². The number of aldehydes is 1. The second-order valence-electron chi connectivity index (χ2n) is 2.30. The number of aromatic nitrogens is 1. The standard InChI is InChI=1S/C7H10N2O2S/c1-9(2-3-10)7-4-8-6(5-11)12-7/h4-5,10H,2-3H2,1H3. The molecule has 0 aliphatic rings. The number of thiazole rings is 1. The number of carbonyl (C=O) groups is 1. The lowest BCUT2D eigenvalue weighted by Crippen LogP contribution is -2.19. The summed E-state index contributed by atoms with van der Waals surface area (Å²) in [5.41, 5.74) is 0. The lowest BCUT2D eigenvalue weighted by molar-refractivity contribution is 0.112. The normalized spacial score (nSPS) is 9.83. The van der Waals surface area contributed by atoms with E-state index in [1.807, 2.05) is 11.9 Å². The second kappa shape index (κ2) is 4.18. The van der Waals surface area contributed by atoms with Crippen LogP contribution in [0.4, 0.5) is 5.00 Å². The lowest BCUT2D eigenvalue weighted by Gasteiger charge is -2.13. The fraction of sp³-hybridized carbons (Fsp3) is 0.429. The highest BCUT2D eigenvalue weighted by Crippen LogP contribution is 2.20. The Balaban J connectivity index is 2.67. The lowest BCUT2D eigenvalue weighted by atomic mass is 10.6. The fourth-order valence-electron chi connectivity index (χ4n) is 0.770. The average molecular weight is 186 g/mol. The largest absolute Gasteiger partial charge is 0.395 e. The summed E-state index contributed by atoms with van der Waals surface area (Å²) < 4.78 is 0. The van der Waals surface area contributed by atoms with Crippen LogP contribution in [-0.2, 0) is 0 Å². The Morgan fingerprint density at radius 1 is 1.83 bits per heavy atom. The molecular formula is C7H10N2O2S. The van der Waals surface area contributed by atoms with Crippen molar-refractivity contribution in [2.75, 3.05) is 25.1 Å². The van der Waals surface area contributed by atoms with Crippen LogP contribution in [0.25, 0.3) is 0 Å². The van der Waals surface area contributed by atoms with Gasteiger partial charge < -0.3 is 10.0 Å². The summed E-state index contributed by atoms with van der Waals surface area (Å²) >= 11 is 1.32. The second-order valence-corrected chi connectivity index (χ2v) is 3.34. The van der Waals surface area contributed by atoms with Crippen LogP contribution in [0.1, 0.15) is 9.80 Å². The minimum atomic E-state index is 0.102. The van der Waals surface area contributed by atoms with Crippen molar-refractivity contribution in [1.29, 1.82) is 0 Å². The van der Waals surface area contributed by atoms with E-state index in [1.165, 1.54) is 11.3 Å². The molecule has 12 heavy (non-hydrogen) atoms. The molecule has 0 amide bonds. The van der Waals surface area contributed by atoms with E-state index in [1.54, 1.807) is 6.20 Å². The summed E-state index contributed by atoms with van der Waals surface area (Å²) in [4.78, 5) is 16.0. The van der Waals surface area contributed by atoms with Crippen LogP contribution in [0, 0.1) is 0 Å². The van der Waals surface area contributed by atoms with Crippen molar-refractivity contribution in [3.8, 4) is 0 Å². The number of anilines is 1. The van der Waals surface area contributed by atoms with Gasteiger partial charge in [-0.3, -0.25) is 4.79 Å². The minimum Gasteiger partial charge on any atom is -0.395 e. The molecule has 0 saturated heterocycles. The van der Waals surface area contributed by atoms with Crippen LogP contribution in [0.5, 0.6) is 0 Å². The number of hydrogen-bond donors (Lipinski definition) is 1. The molecule has 0 atom stereocenters. The molecule has 4 nitrogen and oxygen atoms in total. The third-order valence-corrected chi connectivity index (χ3v) is 2.46. The molecule has 1 aromatic heterocycles. The first-order valence-electron chi connectivity index (χ1n) is 3.51. The average Bonchev–Trinajstić information content (AvgIpc) is 2.52. The maximum absolute atomic E-state index is 10.3. The molecule has 0 bridgehead atoms. The van der Waals surface area contributed by atoms with E-state index < -0.39 is 0 Å². The fourth-order valence-corrected chi connectivity index (χ4v) is 1.49. The van der Waals surface area contributed by atoms with Gasteiger partial charge in [0.2, 0.25) is 0 Å². The minimum absolute atomic E-state index is 0.102. The predicted molar refractivity (Wildman–Crippen MR) is 47.9 cm³/mol. The molecule has 1 rings (SSSR count). The molecule has 0 aliphatic heterocycles. The van der Waals surface area contributed by atoms with E-state index in [-0.39, 0.29) is 6.61 Å². The molecule has 0 aliphatic carbocycles. The summed E-state index contributed by atoms with van der Waals surface area (Å²) in [6.45, 7) is 0.658. The van der Waals surface area contributed by atoms with Gasteiger partial charge in [-0.05, 0) is 0 Å². The van der Waals surface area contributed by atoms with Gasteiger partial charge in [-0.25, -0.2) is 4.98 Å². The van der Waals surface area contributed by atoms with Gasteiger partial charge >= 0.3 is 0 Å². The smallest absolute Gasteiger partial charge is 0.178 e. The van der Waals surface area contributed by atoms with Gasteiger partial charge in [-0.1, -0.05) is 11.3 Å². The molecule has 1 N–H and O–H groups in total. The summed E-state index contributed by atoms with van der Waals surface area (Å²) in [5.74, 6) is 0. The van der Waals surface area contributed by atoms with Crippen LogP contribution in [0.15, 0.2) is 6.20 Å². The molecule has 1 aromatic rings.